The summed E-state index contributed by atoms with van der Waals surface area (Å²) in [6.07, 6.45) is 0. The summed E-state index contributed by atoms with van der Waals surface area (Å²) in [4.78, 5) is 37.3. The van der Waals surface area contributed by atoms with Crippen molar-refractivity contribution in [3.8, 4) is 0 Å². The van der Waals surface area contributed by atoms with Crippen molar-refractivity contribution in [2.45, 2.75) is 6.04 Å². The second-order valence-corrected chi connectivity index (χ2v) is 6.98. The van der Waals surface area contributed by atoms with Crippen molar-refractivity contribution >= 4 is 51.9 Å². The van der Waals surface area contributed by atoms with Gasteiger partial charge < -0.3 is 11.1 Å². The Hall–Kier alpha value is -3.00. The van der Waals surface area contributed by atoms with E-state index < -0.39 is 17.9 Å². The molecule has 0 radical (unpaired) electrons. The molecule has 0 spiro atoms. The molecule has 3 aromatic rings. The maximum absolute atomic E-state index is 12.8. The molecule has 6 nitrogen and oxygen atoms in total. The quantitative estimate of drug-likeness (QED) is 0.425. The number of rotatable bonds is 7. The molecule has 8 heteroatoms. The zero-order chi connectivity index (χ0) is 21.5. The molecule has 2 amide bonds. The summed E-state index contributed by atoms with van der Waals surface area (Å²) in [6.45, 7) is -0.218. The third-order valence-electron chi connectivity index (χ3n) is 4.41. The molecule has 1 atom stereocenters. The zero-order valence-electron chi connectivity index (χ0n) is 16.4. The van der Waals surface area contributed by atoms with Crippen LogP contribution in [0.3, 0.4) is 0 Å². The van der Waals surface area contributed by atoms with Gasteiger partial charge in [-0.25, -0.2) is 0 Å². The van der Waals surface area contributed by atoms with E-state index in [4.69, 9.17) is 17.3 Å². The highest BCUT2D eigenvalue weighted by Crippen LogP contribution is 2.23. The third-order valence-corrected chi connectivity index (χ3v) is 4.64. The van der Waals surface area contributed by atoms with Crippen molar-refractivity contribution in [3.63, 3.8) is 0 Å². The lowest BCUT2D eigenvalue weighted by Gasteiger charge is -2.14. The molecule has 4 N–H and O–H groups in total. The van der Waals surface area contributed by atoms with Gasteiger partial charge in [-0.1, -0.05) is 72.3 Å². The predicted molar refractivity (Wildman–Crippen MR) is 127 cm³/mol. The van der Waals surface area contributed by atoms with Gasteiger partial charge in [-0.2, -0.15) is 0 Å². The first-order valence-electron chi connectivity index (χ1n) is 9.23. The molecule has 0 aliphatic rings. The summed E-state index contributed by atoms with van der Waals surface area (Å²) in [5.41, 5.74) is 7.75. The number of hydrogen-bond donors (Lipinski definition) is 3. The van der Waals surface area contributed by atoms with Gasteiger partial charge in [0, 0.05) is 21.8 Å². The lowest BCUT2D eigenvalue weighted by Crippen LogP contribution is -2.40. The van der Waals surface area contributed by atoms with E-state index in [2.05, 4.69) is 10.6 Å². The third kappa shape index (κ3) is 6.49. The van der Waals surface area contributed by atoms with Crippen LogP contribution < -0.4 is 16.4 Å². The SMILES string of the molecule is Br.N[C@H](C(=O)NC(=O)CNc1ccc(Cl)cc1C(=O)c1ccccc1)c1ccccc1. The van der Waals surface area contributed by atoms with E-state index in [1.165, 1.54) is 6.07 Å². The first-order chi connectivity index (χ1) is 14.5. The monoisotopic (exact) mass is 501 g/mol. The fourth-order valence-corrected chi connectivity index (χ4v) is 3.02. The van der Waals surface area contributed by atoms with Gasteiger partial charge in [0.2, 0.25) is 11.8 Å². The molecule has 0 aliphatic carbocycles. The van der Waals surface area contributed by atoms with Gasteiger partial charge >= 0.3 is 0 Å². The van der Waals surface area contributed by atoms with Crippen molar-refractivity contribution in [2.75, 3.05) is 11.9 Å². The van der Waals surface area contributed by atoms with Crippen LogP contribution in [0.25, 0.3) is 0 Å². The first-order valence-corrected chi connectivity index (χ1v) is 9.61. The topological polar surface area (TPSA) is 101 Å². The number of halogens is 2. The lowest BCUT2D eigenvalue weighted by molar-refractivity contribution is -0.130. The Balaban J connectivity index is 0.00000341. The number of imide groups is 1. The Labute approximate surface area is 195 Å². The summed E-state index contributed by atoms with van der Waals surface area (Å²) in [5.74, 6) is -1.41. The molecular weight excluding hydrogens is 482 g/mol. The average molecular weight is 503 g/mol. The number of nitrogens with one attached hydrogen (secondary N) is 2. The number of anilines is 1. The molecule has 0 fully saturated rings. The molecule has 0 saturated carbocycles. The average Bonchev–Trinajstić information content (AvgIpc) is 2.78. The van der Waals surface area contributed by atoms with Crippen LogP contribution in [0.15, 0.2) is 78.9 Å². The van der Waals surface area contributed by atoms with Crippen LogP contribution in [-0.4, -0.2) is 24.1 Å². The molecule has 3 rings (SSSR count). The molecule has 0 bridgehead atoms. The van der Waals surface area contributed by atoms with E-state index in [0.717, 1.165) is 0 Å². The van der Waals surface area contributed by atoms with Gasteiger partial charge in [0.1, 0.15) is 6.04 Å². The highest BCUT2D eigenvalue weighted by molar-refractivity contribution is 8.93. The second-order valence-electron chi connectivity index (χ2n) is 6.54. The van der Waals surface area contributed by atoms with Crippen molar-refractivity contribution < 1.29 is 14.4 Å². The summed E-state index contributed by atoms with van der Waals surface area (Å²) in [5, 5.41) is 5.55. The van der Waals surface area contributed by atoms with Crippen LogP contribution in [0.2, 0.25) is 5.02 Å². The molecule has 0 aromatic heterocycles. The van der Waals surface area contributed by atoms with Crippen LogP contribution in [-0.2, 0) is 9.59 Å². The highest BCUT2D eigenvalue weighted by Gasteiger charge is 2.19. The van der Waals surface area contributed by atoms with Crippen molar-refractivity contribution in [1.29, 1.82) is 0 Å². The summed E-state index contributed by atoms with van der Waals surface area (Å²) >= 11 is 6.06. The molecule has 160 valence electrons. The smallest absolute Gasteiger partial charge is 0.248 e. The Bertz CT molecular complexity index is 1060. The minimum atomic E-state index is -0.957. The van der Waals surface area contributed by atoms with Crippen molar-refractivity contribution in [2.24, 2.45) is 5.73 Å². The van der Waals surface area contributed by atoms with Crippen molar-refractivity contribution in [1.82, 2.24) is 5.32 Å². The van der Waals surface area contributed by atoms with E-state index in [0.29, 0.717) is 27.4 Å². The summed E-state index contributed by atoms with van der Waals surface area (Å²) < 4.78 is 0. The van der Waals surface area contributed by atoms with Gasteiger partial charge in [-0.05, 0) is 23.8 Å². The minimum absolute atomic E-state index is 0. The number of carbonyl (C=O) groups excluding carboxylic acids is 3. The number of nitrogens with two attached hydrogens (primary N) is 1. The number of hydrogen-bond acceptors (Lipinski definition) is 5. The maximum Gasteiger partial charge on any atom is 0.248 e. The van der Waals surface area contributed by atoms with Gasteiger partial charge in [0.05, 0.1) is 6.54 Å². The van der Waals surface area contributed by atoms with Gasteiger partial charge in [0.15, 0.2) is 5.78 Å². The highest BCUT2D eigenvalue weighted by atomic mass is 79.9. The molecule has 0 saturated heterocycles. The molecule has 0 unspecified atom stereocenters. The number of ketones is 1. The number of carbonyl (C=O) groups is 3. The molecule has 0 heterocycles. The number of benzene rings is 3. The first kappa shape index (κ1) is 24.3. The Morgan fingerprint density at radius 3 is 2.16 bits per heavy atom. The summed E-state index contributed by atoms with van der Waals surface area (Å²) in [6, 6.07) is 21.3. The Morgan fingerprint density at radius 1 is 0.903 bits per heavy atom. The summed E-state index contributed by atoms with van der Waals surface area (Å²) in [7, 11) is 0. The molecule has 3 aromatic carbocycles. The Kier molecular flexibility index (Phi) is 8.93. The molecule has 0 aliphatic heterocycles. The van der Waals surface area contributed by atoms with Crippen LogP contribution in [0.5, 0.6) is 0 Å². The fraction of sp³-hybridized carbons (Fsp3) is 0.0870. The normalized spacial score (nSPS) is 11.0. The molecular formula is C23H21BrClN3O3. The van der Waals surface area contributed by atoms with Crippen molar-refractivity contribution in [3.05, 3.63) is 101 Å². The van der Waals surface area contributed by atoms with Gasteiger partial charge in [-0.3, -0.25) is 19.7 Å². The Morgan fingerprint density at radius 2 is 1.52 bits per heavy atom. The number of amides is 2. The fourth-order valence-electron chi connectivity index (χ4n) is 2.85. The van der Waals surface area contributed by atoms with E-state index in [1.54, 1.807) is 60.7 Å². The second kappa shape index (κ2) is 11.4. The molecule has 31 heavy (non-hydrogen) atoms. The van der Waals surface area contributed by atoms with Crippen LogP contribution in [0, 0.1) is 0 Å². The van der Waals surface area contributed by atoms with E-state index in [9.17, 15) is 14.4 Å². The van der Waals surface area contributed by atoms with Crippen LogP contribution in [0.4, 0.5) is 5.69 Å². The zero-order valence-corrected chi connectivity index (χ0v) is 18.8. The van der Waals surface area contributed by atoms with E-state index in [1.807, 2.05) is 12.1 Å². The lowest BCUT2D eigenvalue weighted by atomic mass is 10.0. The largest absolute Gasteiger partial charge is 0.376 e. The van der Waals surface area contributed by atoms with Gasteiger partial charge in [0.25, 0.3) is 0 Å². The van der Waals surface area contributed by atoms with Gasteiger partial charge in [-0.15, -0.1) is 17.0 Å². The maximum atomic E-state index is 12.8. The van der Waals surface area contributed by atoms with Crippen LogP contribution in [0.1, 0.15) is 27.5 Å². The van der Waals surface area contributed by atoms with E-state index >= 15 is 0 Å². The predicted octanol–water partition coefficient (Wildman–Crippen LogP) is 3.90. The van der Waals surface area contributed by atoms with E-state index in [-0.39, 0.29) is 29.3 Å². The standard InChI is InChI=1S/C23H20ClN3O3.BrH/c24-17-11-12-19(18(13-17)22(29)16-9-5-2-6-10-16)26-14-20(28)27-23(30)21(25)15-7-3-1-4-8-15;/h1-13,21,26H,14,25H2,(H,27,28,30);1H/t21-;/m0./s1. The van der Waals surface area contributed by atoms with Crippen LogP contribution >= 0.6 is 28.6 Å². The minimum Gasteiger partial charge on any atom is -0.376 e.